The summed E-state index contributed by atoms with van der Waals surface area (Å²) in [5.41, 5.74) is 0. The second-order valence-corrected chi connectivity index (χ2v) is 10.4. The summed E-state index contributed by atoms with van der Waals surface area (Å²) in [7, 11) is -9.47. The molecule has 0 unspecified atom stereocenters. The minimum Gasteiger partial charge on any atom is -0.545 e. The van der Waals surface area contributed by atoms with Crippen LogP contribution < -0.4 is 69.3 Å². The molecule has 286 valence electrons. The van der Waals surface area contributed by atoms with E-state index < -0.39 is 109 Å². The van der Waals surface area contributed by atoms with Crippen LogP contribution in [0, 0.1) is 0 Å². The molecule has 0 aliphatic carbocycles. The number of carbonyl (C=O) groups excluding carboxylic acids is 2. The average Bonchev–Trinajstić information content (AvgIpc) is 2.88. The molecule has 0 radical (unpaired) electrons. The Labute approximate surface area is 303 Å². The number of alkyl halides is 22. The van der Waals surface area contributed by atoms with E-state index in [0.717, 1.165) is 0 Å². The van der Waals surface area contributed by atoms with Crippen molar-refractivity contribution in [3.8, 4) is 0 Å². The molecule has 0 aliphatic heterocycles. The number of halogens is 23. The van der Waals surface area contributed by atoms with Crippen molar-refractivity contribution in [3.63, 3.8) is 0 Å². The van der Waals surface area contributed by atoms with Crippen molar-refractivity contribution < 1.29 is 188 Å². The quantitative estimate of drug-likeness (QED) is 0.0557. The Morgan fingerprint density at radius 3 is 1.10 bits per heavy atom. The van der Waals surface area contributed by atoms with Crippen LogP contribution in [0.15, 0.2) is 0 Å². The summed E-state index contributed by atoms with van der Waals surface area (Å²) in [5, 5.41) is 9.29. The number of hydrogen-bond donors (Lipinski definition) is 0. The van der Waals surface area contributed by atoms with Crippen LogP contribution in [0.3, 0.4) is 0 Å². The molecule has 8 nitrogen and oxygen atoms in total. The first-order valence-corrected chi connectivity index (χ1v) is 12.0. The molecule has 0 aromatic heterocycles. The van der Waals surface area contributed by atoms with Gasteiger partial charge in [0.2, 0.25) is 0 Å². The van der Waals surface area contributed by atoms with Crippen molar-refractivity contribution in [2.75, 3.05) is 6.54 Å². The Kier molecular flexibility index (Phi) is 15.8. The van der Waals surface area contributed by atoms with Crippen molar-refractivity contribution in [1.29, 1.82) is 0 Å². The maximum atomic E-state index is 14.9. The molecule has 0 saturated carbocycles. The van der Waals surface area contributed by atoms with E-state index in [0.29, 0.717) is 0 Å². The van der Waals surface area contributed by atoms with Crippen molar-refractivity contribution >= 4 is 22.0 Å². The van der Waals surface area contributed by atoms with Crippen LogP contribution in [0.2, 0.25) is 0 Å². The predicted molar refractivity (Wildman–Crippen MR) is 93.3 cm³/mol. The van der Waals surface area contributed by atoms with Crippen LogP contribution in [0.25, 0.3) is 0 Å². The number of nitrogens with zero attached hydrogens (tertiary/aromatic N) is 2. The number of sulfonamides is 1. The fourth-order valence-electron chi connectivity index (χ4n) is 2.82. The van der Waals surface area contributed by atoms with Gasteiger partial charge in [0.1, 0.15) is 11.9 Å². The molecule has 0 aromatic carbocycles. The number of hydrazine groups is 1. The van der Waals surface area contributed by atoms with Crippen LogP contribution in [0.1, 0.15) is 13.3 Å². The van der Waals surface area contributed by atoms with Crippen molar-refractivity contribution in [2.45, 2.75) is 77.9 Å². The first-order chi connectivity index (χ1) is 20.5. The van der Waals surface area contributed by atoms with Crippen LogP contribution in [-0.4, -0.2) is 101 Å². The monoisotopic (exact) mass is 838 g/mol. The second-order valence-electron chi connectivity index (χ2n) is 8.63. The molecule has 0 N–H and O–H groups in total. The third kappa shape index (κ3) is 6.97. The summed E-state index contributed by atoms with van der Waals surface area (Å²) < 4.78 is 332. The Morgan fingerprint density at radius 1 is 0.540 bits per heavy atom. The average molecular weight is 838 g/mol. The SMILES string of the molecule is CCCN(N(F)S(=O)(=O)C(F)(F)C(F)(F)C(F)(F)C(F)(F)C(F)(F)C(F)(F)C(F)(F)C(F)(F)F)[C@](F)(C(=O)[O-])C(F)(F)C(F)(F)C(=O)[O-].[Na+].[Na+]. The molecule has 0 amide bonds. The van der Waals surface area contributed by atoms with Crippen LogP contribution in [0.4, 0.5) is 101 Å². The zero-order chi connectivity index (χ0) is 39.7. The van der Waals surface area contributed by atoms with Crippen molar-refractivity contribution in [2.24, 2.45) is 0 Å². The van der Waals surface area contributed by atoms with Gasteiger partial charge in [-0.3, -0.25) is 0 Å². The van der Waals surface area contributed by atoms with Crippen molar-refractivity contribution in [1.82, 2.24) is 9.65 Å². The summed E-state index contributed by atoms with van der Waals surface area (Å²) in [6.45, 7) is -2.65. The summed E-state index contributed by atoms with van der Waals surface area (Å²) in [6.07, 6.45) is -9.89. The van der Waals surface area contributed by atoms with Crippen LogP contribution in [0.5, 0.6) is 0 Å². The van der Waals surface area contributed by atoms with E-state index >= 15 is 0 Å². The van der Waals surface area contributed by atoms with Gasteiger partial charge >= 0.3 is 128 Å². The molecule has 0 aliphatic rings. The van der Waals surface area contributed by atoms with Gasteiger partial charge < -0.3 is 19.8 Å². The van der Waals surface area contributed by atoms with E-state index in [9.17, 15) is 129 Å². The first kappa shape index (κ1) is 53.6. The smallest absolute Gasteiger partial charge is 0.545 e. The topological polar surface area (TPSA) is 121 Å². The minimum absolute atomic E-state index is 0. The van der Waals surface area contributed by atoms with E-state index in [2.05, 4.69) is 0 Å². The molecule has 1 atom stereocenters. The zero-order valence-corrected chi connectivity index (χ0v) is 28.2. The summed E-state index contributed by atoms with van der Waals surface area (Å²) in [6, 6.07) is 0. The Bertz CT molecular complexity index is 1360. The largest absolute Gasteiger partial charge is 1.00 e. The molecule has 0 fully saturated rings. The van der Waals surface area contributed by atoms with Gasteiger partial charge in [0.15, 0.2) is 0 Å². The predicted octanol–water partition coefficient (Wildman–Crippen LogP) is -2.46. The standard InChI is InChI=1S/C16H9F23N2O6S.2Na/c1-2-3-40(7(19,5(44)45)8(20,21)6(17,18)4(42)43)41(39)48(46,47)16(37,38)14(32,33)12(28,29)10(24,25)9(22,23)11(26,27)13(30,31)15(34,35)36;;/h2-3H2,1H3,(H,42,43)(H,44,45);;/q;2*+1/p-2/t7-;;/m1../s1. The molecule has 0 rings (SSSR count). The van der Waals surface area contributed by atoms with Gasteiger partial charge in [0.25, 0.3) is 5.79 Å². The van der Waals surface area contributed by atoms with Crippen LogP contribution >= 0.6 is 0 Å². The minimum atomic E-state index is -9.49. The third-order valence-electron chi connectivity index (χ3n) is 5.53. The van der Waals surface area contributed by atoms with E-state index in [1.807, 2.05) is 0 Å². The molecule has 0 heterocycles. The van der Waals surface area contributed by atoms with E-state index in [1.54, 1.807) is 0 Å². The number of carboxylic acids is 2. The Morgan fingerprint density at radius 2 is 0.840 bits per heavy atom. The molecule has 0 saturated heterocycles. The van der Waals surface area contributed by atoms with Gasteiger partial charge in [-0.2, -0.15) is 97.2 Å². The van der Waals surface area contributed by atoms with Gasteiger partial charge in [-0.15, -0.1) is 4.48 Å². The Balaban J connectivity index is -0.0000110. The molecule has 0 bridgehead atoms. The van der Waals surface area contributed by atoms with Gasteiger partial charge in [-0.25, -0.2) is 12.8 Å². The van der Waals surface area contributed by atoms with Gasteiger partial charge in [0.05, 0.1) is 0 Å². The zero-order valence-electron chi connectivity index (χ0n) is 23.4. The van der Waals surface area contributed by atoms with E-state index in [-0.39, 0.29) is 66.0 Å². The van der Waals surface area contributed by atoms with Crippen molar-refractivity contribution in [3.05, 3.63) is 0 Å². The molecule has 50 heavy (non-hydrogen) atoms. The molecule has 0 spiro atoms. The van der Waals surface area contributed by atoms with Gasteiger partial charge in [-0.05, 0) is 6.42 Å². The number of carboxylic acid groups (broad SMARTS) is 2. The van der Waals surface area contributed by atoms with Crippen LogP contribution in [-0.2, 0) is 19.6 Å². The first-order valence-electron chi connectivity index (χ1n) is 10.6. The number of hydrogen-bond acceptors (Lipinski definition) is 7. The molecular formula is C16H7F23N2Na2O6S. The molecule has 0 aromatic rings. The normalized spacial score (nSPS) is 16.4. The number of aliphatic carboxylic acids is 2. The van der Waals surface area contributed by atoms with E-state index in [4.69, 9.17) is 0 Å². The number of carbonyl (C=O) groups is 2. The Hall–Kier alpha value is -0.800. The summed E-state index contributed by atoms with van der Waals surface area (Å²) >= 11 is 0. The van der Waals surface area contributed by atoms with E-state index in [1.165, 1.54) is 0 Å². The maximum absolute atomic E-state index is 14.9. The fourth-order valence-corrected chi connectivity index (χ4v) is 3.92. The fraction of sp³-hybridized carbons (Fsp3) is 0.875. The second kappa shape index (κ2) is 14.8. The summed E-state index contributed by atoms with van der Waals surface area (Å²) in [5.74, 6) is -87.3. The van der Waals surface area contributed by atoms with Gasteiger partial charge in [0, 0.05) is 11.2 Å². The molecular weight excluding hydrogens is 831 g/mol. The maximum Gasteiger partial charge on any atom is 1.00 e. The van der Waals surface area contributed by atoms with Gasteiger partial charge in [-0.1, -0.05) is 6.92 Å². The molecule has 34 heteroatoms. The third-order valence-corrected chi connectivity index (χ3v) is 7.03. The number of rotatable bonds is 16. The summed E-state index contributed by atoms with van der Waals surface area (Å²) in [4.78, 5) is 21.3.